The van der Waals surface area contributed by atoms with Crippen molar-refractivity contribution in [3.05, 3.63) is 54.1 Å². The zero-order chi connectivity index (χ0) is 19.8. The van der Waals surface area contributed by atoms with E-state index < -0.39 is 29.1 Å². The van der Waals surface area contributed by atoms with Gasteiger partial charge in [0.15, 0.2) is 6.61 Å². The molecular weight excluding hydrogens is 358 g/mol. The van der Waals surface area contributed by atoms with Crippen LogP contribution in [0.5, 0.6) is 11.5 Å². The number of methoxy groups -OCH3 is 1. The fourth-order valence-corrected chi connectivity index (χ4v) is 2.25. The van der Waals surface area contributed by atoms with Crippen LogP contribution in [0.25, 0.3) is 0 Å². The average Bonchev–Trinajstić information content (AvgIpc) is 2.67. The maximum absolute atomic E-state index is 13.6. The van der Waals surface area contributed by atoms with Crippen LogP contribution in [0.2, 0.25) is 0 Å². The molecule has 0 unspecified atom stereocenters. The Morgan fingerprint density at radius 2 is 1.63 bits per heavy atom. The highest BCUT2D eigenvalue weighted by molar-refractivity contribution is 5.94. The van der Waals surface area contributed by atoms with Gasteiger partial charge in [0.05, 0.1) is 13.7 Å². The first-order valence-corrected chi connectivity index (χ1v) is 8.23. The molecule has 0 radical (unpaired) electrons. The number of nitrogens with one attached hydrogen (secondary N) is 1. The molecule has 0 aliphatic heterocycles. The van der Waals surface area contributed by atoms with Crippen LogP contribution in [0.4, 0.5) is 14.5 Å². The smallest absolute Gasteiger partial charge is 0.260 e. The number of hydrogen-bond donors (Lipinski definition) is 1. The van der Waals surface area contributed by atoms with Crippen molar-refractivity contribution < 1.29 is 27.8 Å². The molecule has 0 saturated heterocycles. The Bertz CT molecular complexity index is 777. The van der Waals surface area contributed by atoms with Crippen molar-refractivity contribution in [2.45, 2.75) is 6.92 Å². The van der Waals surface area contributed by atoms with E-state index in [4.69, 9.17) is 9.47 Å². The van der Waals surface area contributed by atoms with Crippen molar-refractivity contribution in [3.8, 4) is 11.5 Å². The molecule has 0 bridgehead atoms. The number of likely N-dealkylation sites (N-methyl/N-ethyl adjacent to an activating group) is 1. The number of hydrogen-bond acceptors (Lipinski definition) is 4. The van der Waals surface area contributed by atoms with Crippen LogP contribution >= 0.6 is 0 Å². The first kappa shape index (κ1) is 20.2. The van der Waals surface area contributed by atoms with Crippen LogP contribution in [-0.2, 0) is 9.59 Å². The Morgan fingerprint density at radius 3 is 2.19 bits per heavy atom. The van der Waals surface area contributed by atoms with Crippen molar-refractivity contribution in [1.82, 2.24) is 4.90 Å². The number of halogens is 2. The summed E-state index contributed by atoms with van der Waals surface area (Å²) in [5.74, 6) is -1.80. The van der Waals surface area contributed by atoms with E-state index in [1.54, 1.807) is 31.2 Å². The highest BCUT2D eigenvalue weighted by Gasteiger charge is 2.18. The summed E-state index contributed by atoms with van der Waals surface area (Å²) in [7, 11) is 1.54. The fourth-order valence-electron chi connectivity index (χ4n) is 2.25. The second-order valence-corrected chi connectivity index (χ2v) is 5.52. The van der Waals surface area contributed by atoms with Gasteiger partial charge < -0.3 is 19.7 Å². The number of amides is 2. The van der Waals surface area contributed by atoms with Gasteiger partial charge in [-0.05, 0) is 43.3 Å². The highest BCUT2D eigenvalue weighted by Crippen LogP contribution is 2.18. The Morgan fingerprint density at radius 1 is 1.04 bits per heavy atom. The van der Waals surface area contributed by atoms with Crippen LogP contribution in [-0.4, -0.2) is 43.5 Å². The van der Waals surface area contributed by atoms with Gasteiger partial charge in [0.2, 0.25) is 5.91 Å². The van der Waals surface area contributed by atoms with Gasteiger partial charge in [0, 0.05) is 6.54 Å². The molecule has 0 heterocycles. The van der Waals surface area contributed by atoms with Crippen LogP contribution in [0.3, 0.4) is 0 Å². The first-order chi connectivity index (χ1) is 12.9. The van der Waals surface area contributed by atoms with Gasteiger partial charge in [0.25, 0.3) is 5.91 Å². The van der Waals surface area contributed by atoms with Gasteiger partial charge in [-0.3, -0.25) is 9.59 Å². The molecule has 0 spiro atoms. The second kappa shape index (κ2) is 9.51. The summed E-state index contributed by atoms with van der Waals surface area (Å²) in [6, 6.07) is 9.93. The fraction of sp³-hybridized carbons (Fsp3) is 0.263. The predicted octanol–water partition coefficient (Wildman–Crippen LogP) is 2.84. The summed E-state index contributed by atoms with van der Waals surface area (Å²) in [5.41, 5.74) is -0.541. The molecule has 8 heteroatoms. The Hall–Kier alpha value is -3.16. The number of benzene rings is 2. The van der Waals surface area contributed by atoms with Gasteiger partial charge in [-0.15, -0.1) is 0 Å². The number of para-hydroxylation sites is 1. The van der Waals surface area contributed by atoms with Gasteiger partial charge in [-0.25, -0.2) is 8.78 Å². The Kier molecular flexibility index (Phi) is 7.10. The molecule has 27 heavy (non-hydrogen) atoms. The molecular formula is C19H20F2N2O4. The molecule has 0 fully saturated rings. The summed E-state index contributed by atoms with van der Waals surface area (Å²) in [6.45, 7) is 1.29. The third-order valence-electron chi connectivity index (χ3n) is 3.72. The molecule has 6 nitrogen and oxygen atoms in total. The number of anilines is 1. The van der Waals surface area contributed by atoms with Crippen molar-refractivity contribution in [1.29, 1.82) is 0 Å². The zero-order valence-corrected chi connectivity index (χ0v) is 15.0. The molecule has 1 N–H and O–H groups in total. The second-order valence-electron chi connectivity index (χ2n) is 5.52. The van der Waals surface area contributed by atoms with E-state index in [-0.39, 0.29) is 19.7 Å². The Labute approximate surface area is 155 Å². The maximum atomic E-state index is 13.6. The van der Waals surface area contributed by atoms with Crippen LogP contribution in [0.15, 0.2) is 42.5 Å². The predicted molar refractivity (Wildman–Crippen MR) is 95.7 cm³/mol. The summed E-state index contributed by atoms with van der Waals surface area (Å²) in [4.78, 5) is 25.5. The molecule has 0 aliphatic carbocycles. The maximum Gasteiger partial charge on any atom is 0.260 e. The van der Waals surface area contributed by atoms with Gasteiger partial charge >= 0.3 is 0 Å². The first-order valence-electron chi connectivity index (χ1n) is 8.23. The number of nitrogens with zero attached hydrogens (tertiary/aromatic N) is 1. The normalized spacial score (nSPS) is 10.2. The minimum Gasteiger partial charge on any atom is -0.497 e. The molecule has 0 saturated carbocycles. The molecule has 2 amide bonds. The summed E-state index contributed by atoms with van der Waals surface area (Å²) in [5, 5.41) is 2.15. The van der Waals surface area contributed by atoms with Gasteiger partial charge in [-0.1, -0.05) is 6.07 Å². The van der Waals surface area contributed by atoms with Crippen molar-refractivity contribution in [3.63, 3.8) is 0 Å². The van der Waals surface area contributed by atoms with Crippen molar-refractivity contribution in [2.75, 3.05) is 32.1 Å². The molecule has 0 atom stereocenters. The number of carbonyl (C=O) groups is 2. The van der Waals surface area contributed by atoms with Crippen LogP contribution < -0.4 is 14.8 Å². The minimum absolute atomic E-state index is 0.234. The van der Waals surface area contributed by atoms with E-state index in [1.165, 1.54) is 18.1 Å². The van der Waals surface area contributed by atoms with E-state index in [0.29, 0.717) is 11.5 Å². The van der Waals surface area contributed by atoms with E-state index in [1.807, 2.05) is 0 Å². The lowest BCUT2D eigenvalue weighted by molar-refractivity contribution is -0.136. The number of ether oxygens (including phenoxy) is 2. The standard InChI is InChI=1S/C19H20F2N2O4/c1-3-23(11-17(24)22-19-15(20)5-4-6-16(19)21)18(25)12-27-14-9-7-13(26-2)8-10-14/h4-10H,3,11-12H2,1-2H3,(H,22,24). The number of rotatable bonds is 8. The lowest BCUT2D eigenvalue weighted by atomic mass is 10.3. The quantitative estimate of drug-likeness (QED) is 0.767. The zero-order valence-electron chi connectivity index (χ0n) is 15.0. The van der Waals surface area contributed by atoms with E-state index in [0.717, 1.165) is 12.1 Å². The monoisotopic (exact) mass is 378 g/mol. The highest BCUT2D eigenvalue weighted by atomic mass is 19.1. The molecule has 144 valence electrons. The van der Waals surface area contributed by atoms with Crippen LogP contribution in [0.1, 0.15) is 6.92 Å². The van der Waals surface area contributed by atoms with Crippen molar-refractivity contribution in [2.24, 2.45) is 0 Å². The molecule has 0 aliphatic rings. The van der Waals surface area contributed by atoms with E-state index in [2.05, 4.69) is 5.32 Å². The lowest BCUT2D eigenvalue weighted by Gasteiger charge is -2.20. The average molecular weight is 378 g/mol. The largest absolute Gasteiger partial charge is 0.497 e. The third-order valence-corrected chi connectivity index (χ3v) is 3.72. The minimum atomic E-state index is -0.888. The summed E-state index contributed by atoms with van der Waals surface area (Å²) < 4.78 is 37.6. The molecule has 0 aromatic heterocycles. The third kappa shape index (κ3) is 5.67. The topological polar surface area (TPSA) is 67.9 Å². The Balaban J connectivity index is 1.90. The summed E-state index contributed by atoms with van der Waals surface area (Å²) >= 11 is 0. The van der Waals surface area contributed by atoms with E-state index in [9.17, 15) is 18.4 Å². The molecule has 2 aromatic carbocycles. The number of carbonyl (C=O) groups excluding carboxylic acids is 2. The molecule has 2 rings (SSSR count). The van der Waals surface area contributed by atoms with Gasteiger partial charge in [0.1, 0.15) is 28.8 Å². The summed E-state index contributed by atoms with van der Waals surface area (Å²) in [6.07, 6.45) is 0. The van der Waals surface area contributed by atoms with Gasteiger partial charge in [-0.2, -0.15) is 0 Å². The molecule has 2 aromatic rings. The van der Waals surface area contributed by atoms with Crippen molar-refractivity contribution >= 4 is 17.5 Å². The van der Waals surface area contributed by atoms with E-state index >= 15 is 0 Å². The SMILES string of the molecule is CCN(CC(=O)Nc1c(F)cccc1F)C(=O)COc1ccc(OC)cc1. The lowest BCUT2D eigenvalue weighted by Crippen LogP contribution is -2.40. The van der Waals surface area contributed by atoms with Crippen LogP contribution in [0, 0.1) is 11.6 Å².